The molecule has 1 saturated heterocycles. The van der Waals surface area contributed by atoms with Gasteiger partial charge in [-0.3, -0.25) is 4.79 Å². The molecule has 2 unspecified atom stereocenters. The Labute approximate surface area is 117 Å². The summed E-state index contributed by atoms with van der Waals surface area (Å²) in [6.45, 7) is 3.42. The van der Waals surface area contributed by atoms with Gasteiger partial charge < -0.3 is 10.6 Å². The van der Waals surface area contributed by atoms with E-state index in [-0.39, 0.29) is 11.9 Å². The lowest BCUT2D eigenvalue weighted by Gasteiger charge is -2.35. The van der Waals surface area contributed by atoms with E-state index < -0.39 is 0 Å². The molecule has 0 saturated carbocycles. The van der Waals surface area contributed by atoms with E-state index in [0.29, 0.717) is 28.1 Å². The second kappa shape index (κ2) is 5.47. The summed E-state index contributed by atoms with van der Waals surface area (Å²) < 4.78 is 0. The first-order chi connectivity index (χ1) is 8.49. The molecule has 18 heavy (non-hydrogen) atoms. The summed E-state index contributed by atoms with van der Waals surface area (Å²) in [5.74, 6) is 0.383. The van der Waals surface area contributed by atoms with Gasteiger partial charge in [0.25, 0.3) is 5.91 Å². The minimum Gasteiger partial charge on any atom is -0.337 e. The van der Waals surface area contributed by atoms with Crippen molar-refractivity contribution in [3.05, 3.63) is 33.8 Å². The number of halogens is 2. The van der Waals surface area contributed by atoms with Crippen LogP contribution >= 0.6 is 23.2 Å². The summed E-state index contributed by atoms with van der Waals surface area (Å²) >= 11 is 11.9. The number of carbonyl (C=O) groups excluding carboxylic acids is 1. The van der Waals surface area contributed by atoms with Gasteiger partial charge in [0.15, 0.2) is 0 Å². The number of nitrogens with zero attached hydrogens (tertiary/aromatic N) is 1. The smallest absolute Gasteiger partial charge is 0.255 e. The molecule has 5 heteroatoms. The first kappa shape index (κ1) is 13.7. The van der Waals surface area contributed by atoms with E-state index in [1.165, 1.54) is 0 Å². The first-order valence-electron chi connectivity index (χ1n) is 5.99. The Kier molecular flexibility index (Phi) is 4.15. The van der Waals surface area contributed by atoms with Crippen molar-refractivity contribution in [3.8, 4) is 0 Å². The zero-order valence-corrected chi connectivity index (χ0v) is 11.7. The zero-order valence-electron chi connectivity index (χ0n) is 10.2. The fourth-order valence-corrected chi connectivity index (χ4v) is 2.61. The molecule has 1 amide bonds. The molecule has 1 aliphatic rings. The van der Waals surface area contributed by atoms with Crippen LogP contribution in [0, 0.1) is 5.92 Å². The van der Waals surface area contributed by atoms with E-state index in [0.717, 1.165) is 13.0 Å². The molecule has 0 spiro atoms. The standard InChI is InChI=1S/C13H16Cl2N2O/c1-8-4-5-17(7-12(8)16)13(18)10-3-2-9(14)6-11(10)15/h2-3,6,8,12H,4-5,7,16H2,1H3. The highest BCUT2D eigenvalue weighted by Gasteiger charge is 2.27. The molecule has 0 bridgehead atoms. The van der Waals surface area contributed by atoms with Gasteiger partial charge in [0.05, 0.1) is 10.6 Å². The van der Waals surface area contributed by atoms with Gasteiger partial charge in [0, 0.05) is 24.2 Å². The number of amides is 1. The summed E-state index contributed by atoms with van der Waals surface area (Å²) in [7, 11) is 0. The number of hydrogen-bond donors (Lipinski definition) is 1. The number of nitrogens with two attached hydrogens (primary N) is 1. The minimum absolute atomic E-state index is 0.0359. The molecule has 1 aromatic rings. The molecule has 0 radical (unpaired) electrons. The Bertz CT molecular complexity index is 464. The van der Waals surface area contributed by atoms with Gasteiger partial charge in [-0.1, -0.05) is 30.1 Å². The van der Waals surface area contributed by atoms with Crippen molar-refractivity contribution in [3.63, 3.8) is 0 Å². The quantitative estimate of drug-likeness (QED) is 0.863. The molecule has 1 aliphatic heterocycles. The number of carbonyl (C=O) groups is 1. The van der Waals surface area contributed by atoms with Crippen molar-refractivity contribution in [1.29, 1.82) is 0 Å². The van der Waals surface area contributed by atoms with Crippen LogP contribution in [0.3, 0.4) is 0 Å². The largest absolute Gasteiger partial charge is 0.337 e. The lowest BCUT2D eigenvalue weighted by molar-refractivity contribution is 0.0672. The van der Waals surface area contributed by atoms with Crippen molar-refractivity contribution in [2.75, 3.05) is 13.1 Å². The molecule has 1 aromatic carbocycles. The monoisotopic (exact) mass is 286 g/mol. The predicted octanol–water partition coefficient (Wildman–Crippen LogP) is 2.80. The van der Waals surface area contributed by atoms with E-state index in [4.69, 9.17) is 28.9 Å². The lowest BCUT2D eigenvalue weighted by atomic mass is 9.94. The average Bonchev–Trinajstić information content (AvgIpc) is 2.32. The van der Waals surface area contributed by atoms with Crippen LogP contribution in [0.1, 0.15) is 23.7 Å². The van der Waals surface area contributed by atoms with Gasteiger partial charge in [-0.25, -0.2) is 0 Å². The zero-order chi connectivity index (χ0) is 13.3. The van der Waals surface area contributed by atoms with Crippen LogP contribution in [0.4, 0.5) is 0 Å². The van der Waals surface area contributed by atoms with Crippen LogP contribution in [-0.2, 0) is 0 Å². The normalized spacial score (nSPS) is 24.1. The SMILES string of the molecule is CC1CCN(C(=O)c2ccc(Cl)cc2Cl)CC1N. The fraction of sp³-hybridized carbons (Fsp3) is 0.462. The van der Waals surface area contributed by atoms with E-state index in [2.05, 4.69) is 6.92 Å². The maximum absolute atomic E-state index is 12.3. The van der Waals surface area contributed by atoms with Crippen LogP contribution in [0.25, 0.3) is 0 Å². The van der Waals surface area contributed by atoms with Gasteiger partial charge in [0.1, 0.15) is 0 Å². The lowest BCUT2D eigenvalue weighted by Crippen LogP contribution is -2.49. The number of rotatable bonds is 1. The highest BCUT2D eigenvalue weighted by Crippen LogP contribution is 2.24. The maximum atomic E-state index is 12.3. The summed E-state index contributed by atoms with van der Waals surface area (Å²) in [4.78, 5) is 14.1. The van der Waals surface area contributed by atoms with Crippen LogP contribution in [0.5, 0.6) is 0 Å². The molecule has 2 N–H and O–H groups in total. The molecule has 2 rings (SSSR count). The number of benzene rings is 1. The third-order valence-electron chi connectivity index (χ3n) is 3.47. The summed E-state index contributed by atoms with van der Waals surface area (Å²) in [6, 6.07) is 4.96. The fourth-order valence-electron chi connectivity index (χ4n) is 2.12. The minimum atomic E-state index is -0.0704. The Morgan fingerprint density at radius 2 is 2.17 bits per heavy atom. The van der Waals surface area contributed by atoms with E-state index >= 15 is 0 Å². The van der Waals surface area contributed by atoms with Crippen LogP contribution < -0.4 is 5.73 Å². The van der Waals surface area contributed by atoms with Gasteiger partial charge in [-0.15, -0.1) is 0 Å². The van der Waals surface area contributed by atoms with Crippen molar-refractivity contribution in [1.82, 2.24) is 4.90 Å². The Morgan fingerprint density at radius 3 is 2.78 bits per heavy atom. The third-order valence-corrected chi connectivity index (χ3v) is 4.01. The highest BCUT2D eigenvalue weighted by molar-refractivity contribution is 6.36. The van der Waals surface area contributed by atoms with Crippen molar-refractivity contribution < 1.29 is 4.79 Å². The van der Waals surface area contributed by atoms with Crippen molar-refractivity contribution in [2.45, 2.75) is 19.4 Å². The molecular formula is C13H16Cl2N2O. The molecule has 98 valence electrons. The molecule has 3 nitrogen and oxygen atoms in total. The second-order valence-electron chi connectivity index (χ2n) is 4.81. The molecule has 1 fully saturated rings. The summed E-state index contributed by atoms with van der Waals surface area (Å²) in [6.07, 6.45) is 0.929. The Morgan fingerprint density at radius 1 is 1.44 bits per heavy atom. The summed E-state index contributed by atoms with van der Waals surface area (Å²) in [5.41, 5.74) is 6.49. The van der Waals surface area contributed by atoms with Crippen LogP contribution in [0.15, 0.2) is 18.2 Å². The van der Waals surface area contributed by atoms with E-state index in [1.54, 1.807) is 23.1 Å². The second-order valence-corrected chi connectivity index (χ2v) is 5.65. The molecular weight excluding hydrogens is 271 g/mol. The number of hydrogen-bond acceptors (Lipinski definition) is 2. The average molecular weight is 287 g/mol. The van der Waals surface area contributed by atoms with Crippen molar-refractivity contribution in [2.24, 2.45) is 11.7 Å². The maximum Gasteiger partial charge on any atom is 0.255 e. The highest BCUT2D eigenvalue weighted by atomic mass is 35.5. The van der Waals surface area contributed by atoms with Gasteiger partial charge >= 0.3 is 0 Å². The van der Waals surface area contributed by atoms with Crippen molar-refractivity contribution >= 4 is 29.1 Å². The number of likely N-dealkylation sites (tertiary alicyclic amines) is 1. The van der Waals surface area contributed by atoms with Gasteiger partial charge in [-0.05, 0) is 30.5 Å². The predicted molar refractivity (Wildman–Crippen MR) is 74.1 cm³/mol. The van der Waals surface area contributed by atoms with Crippen LogP contribution in [-0.4, -0.2) is 29.9 Å². The summed E-state index contributed by atoms with van der Waals surface area (Å²) in [5, 5.41) is 0.917. The topological polar surface area (TPSA) is 46.3 Å². The van der Waals surface area contributed by atoms with Gasteiger partial charge in [0.2, 0.25) is 0 Å². The number of piperidine rings is 1. The first-order valence-corrected chi connectivity index (χ1v) is 6.74. The van der Waals surface area contributed by atoms with Gasteiger partial charge in [-0.2, -0.15) is 0 Å². The molecule has 0 aliphatic carbocycles. The molecule has 1 heterocycles. The molecule has 2 atom stereocenters. The Balaban J connectivity index is 2.16. The Hall–Kier alpha value is -0.770. The van der Waals surface area contributed by atoms with E-state index in [1.807, 2.05) is 0 Å². The third kappa shape index (κ3) is 2.79. The van der Waals surface area contributed by atoms with E-state index in [9.17, 15) is 4.79 Å². The van der Waals surface area contributed by atoms with Crippen LogP contribution in [0.2, 0.25) is 10.0 Å². The molecule has 0 aromatic heterocycles.